The Morgan fingerprint density at radius 3 is 2.44 bits per heavy atom. The van der Waals surface area contributed by atoms with Crippen LogP contribution in [0.3, 0.4) is 0 Å². The van der Waals surface area contributed by atoms with Crippen LogP contribution in [0.2, 0.25) is 0 Å². The van der Waals surface area contributed by atoms with Crippen LogP contribution in [0.5, 0.6) is 0 Å². The van der Waals surface area contributed by atoms with Crippen molar-refractivity contribution in [2.75, 3.05) is 39.1 Å². The third-order valence-electron chi connectivity index (χ3n) is 2.95. The topological polar surface area (TPSA) is 56.4 Å². The van der Waals surface area contributed by atoms with Gasteiger partial charge in [-0.05, 0) is 51.7 Å². The Balaban J connectivity index is 2.80. The minimum atomic E-state index is 0.129. The van der Waals surface area contributed by atoms with Gasteiger partial charge >= 0.3 is 0 Å². The molecule has 1 rings (SSSR count). The van der Waals surface area contributed by atoms with Gasteiger partial charge in [-0.25, -0.2) is 0 Å². The lowest BCUT2D eigenvalue weighted by atomic mass is 10.1. The van der Waals surface area contributed by atoms with Gasteiger partial charge in [-0.3, -0.25) is 5.41 Å². The van der Waals surface area contributed by atoms with Crippen LogP contribution in [0.25, 0.3) is 0 Å². The minimum Gasteiger partial charge on any atom is -0.384 e. The van der Waals surface area contributed by atoms with Crippen LogP contribution >= 0.6 is 0 Å². The summed E-state index contributed by atoms with van der Waals surface area (Å²) in [6, 6.07) is 6.01. The molecule has 3 N–H and O–H groups in total. The summed E-state index contributed by atoms with van der Waals surface area (Å²) in [7, 11) is 6.21. The largest absolute Gasteiger partial charge is 0.384 e. The summed E-state index contributed by atoms with van der Waals surface area (Å²) in [6.45, 7) is 4.08. The van der Waals surface area contributed by atoms with Crippen LogP contribution in [-0.2, 0) is 0 Å². The number of hydrogen-bond donors (Lipinski definition) is 2. The number of amidine groups is 1. The molecule has 0 amide bonds. The van der Waals surface area contributed by atoms with Gasteiger partial charge in [-0.2, -0.15) is 0 Å². The van der Waals surface area contributed by atoms with Crippen molar-refractivity contribution < 1.29 is 0 Å². The van der Waals surface area contributed by atoms with Gasteiger partial charge < -0.3 is 15.5 Å². The first-order chi connectivity index (χ1) is 8.41. The van der Waals surface area contributed by atoms with E-state index < -0.39 is 0 Å². The summed E-state index contributed by atoms with van der Waals surface area (Å²) in [5.41, 5.74) is 8.67. The lowest BCUT2D eigenvalue weighted by Gasteiger charge is -2.23. The number of hydrogen-bond acceptors (Lipinski definition) is 3. The molecule has 100 valence electrons. The number of rotatable bonds is 6. The lowest BCUT2D eigenvalue weighted by molar-refractivity contribution is 0.401. The monoisotopic (exact) mass is 248 g/mol. The third-order valence-corrected chi connectivity index (χ3v) is 2.95. The summed E-state index contributed by atoms with van der Waals surface area (Å²) >= 11 is 0. The fourth-order valence-corrected chi connectivity index (χ4v) is 1.93. The van der Waals surface area contributed by atoms with E-state index in [0.29, 0.717) is 0 Å². The Kier molecular flexibility index (Phi) is 5.16. The molecule has 1 aromatic carbocycles. The third kappa shape index (κ3) is 4.04. The summed E-state index contributed by atoms with van der Waals surface area (Å²) in [4.78, 5) is 4.35. The van der Waals surface area contributed by atoms with Crippen LogP contribution in [0.15, 0.2) is 18.2 Å². The minimum absolute atomic E-state index is 0.129. The Morgan fingerprint density at radius 2 is 1.89 bits per heavy atom. The first kappa shape index (κ1) is 14.5. The standard InChI is InChI=1S/C14H24N4/c1-11-6-7-12(14(15)16)13(10-11)18(4)9-5-8-17(2)3/h6-7,10H,5,8-9H2,1-4H3,(H3,15,16). The number of nitrogen functional groups attached to an aromatic ring is 1. The van der Waals surface area contributed by atoms with E-state index >= 15 is 0 Å². The molecule has 0 heterocycles. The van der Waals surface area contributed by atoms with Crippen molar-refractivity contribution in [1.82, 2.24) is 4.90 Å². The van der Waals surface area contributed by atoms with Crippen molar-refractivity contribution in [3.63, 3.8) is 0 Å². The van der Waals surface area contributed by atoms with E-state index in [2.05, 4.69) is 43.9 Å². The molecule has 0 bridgehead atoms. The van der Waals surface area contributed by atoms with Gasteiger partial charge in [0.2, 0.25) is 0 Å². The molecule has 0 saturated heterocycles. The summed E-state index contributed by atoms with van der Waals surface area (Å²) in [5.74, 6) is 0.129. The fraction of sp³-hybridized carbons (Fsp3) is 0.500. The normalized spacial score (nSPS) is 10.7. The molecule has 0 saturated carbocycles. The van der Waals surface area contributed by atoms with Gasteiger partial charge in [0.05, 0.1) is 0 Å². The SMILES string of the molecule is Cc1ccc(C(=N)N)c(N(C)CCCN(C)C)c1. The van der Waals surface area contributed by atoms with Gasteiger partial charge in [0.25, 0.3) is 0 Å². The Hall–Kier alpha value is -1.55. The van der Waals surface area contributed by atoms with E-state index in [1.54, 1.807) is 0 Å². The zero-order valence-electron chi connectivity index (χ0n) is 11.8. The second kappa shape index (κ2) is 6.40. The average molecular weight is 248 g/mol. The number of nitrogens with two attached hydrogens (primary N) is 1. The van der Waals surface area contributed by atoms with Gasteiger partial charge in [0, 0.05) is 24.8 Å². The van der Waals surface area contributed by atoms with E-state index in [1.165, 1.54) is 5.56 Å². The van der Waals surface area contributed by atoms with E-state index in [0.717, 1.165) is 30.8 Å². The number of nitrogens with one attached hydrogen (secondary N) is 1. The Morgan fingerprint density at radius 1 is 1.22 bits per heavy atom. The maximum absolute atomic E-state index is 7.63. The molecule has 0 aliphatic carbocycles. The first-order valence-electron chi connectivity index (χ1n) is 6.22. The molecular weight excluding hydrogens is 224 g/mol. The summed E-state index contributed by atoms with van der Waals surface area (Å²) in [6.07, 6.45) is 1.09. The molecule has 0 unspecified atom stereocenters. The molecule has 1 aromatic rings. The highest BCUT2D eigenvalue weighted by atomic mass is 15.1. The average Bonchev–Trinajstić information content (AvgIpc) is 2.27. The zero-order chi connectivity index (χ0) is 13.7. The Bertz CT molecular complexity index is 412. The van der Waals surface area contributed by atoms with Crippen molar-refractivity contribution in [2.24, 2.45) is 5.73 Å². The molecule has 0 radical (unpaired) electrons. The van der Waals surface area contributed by atoms with E-state index in [-0.39, 0.29) is 5.84 Å². The molecule has 0 aliphatic heterocycles. The number of nitrogens with zero attached hydrogens (tertiary/aromatic N) is 2. The maximum atomic E-state index is 7.63. The molecule has 0 atom stereocenters. The fourth-order valence-electron chi connectivity index (χ4n) is 1.93. The number of anilines is 1. The van der Waals surface area contributed by atoms with E-state index in [4.69, 9.17) is 11.1 Å². The molecule has 0 spiro atoms. The second-order valence-electron chi connectivity index (χ2n) is 5.01. The van der Waals surface area contributed by atoms with Gasteiger partial charge in [-0.1, -0.05) is 6.07 Å². The molecule has 0 aromatic heterocycles. The predicted molar refractivity (Wildman–Crippen MR) is 78.6 cm³/mol. The van der Waals surface area contributed by atoms with Gasteiger partial charge in [-0.15, -0.1) is 0 Å². The summed E-state index contributed by atoms with van der Waals surface area (Å²) < 4.78 is 0. The highest BCUT2D eigenvalue weighted by molar-refractivity contribution is 6.00. The zero-order valence-corrected chi connectivity index (χ0v) is 11.8. The molecule has 18 heavy (non-hydrogen) atoms. The molecular formula is C14H24N4. The van der Waals surface area contributed by atoms with Crippen molar-refractivity contribution in [2.45, 2.75) is 13.3 Å². The smallest absolute Gasteiger partial charge is 0.124 e. The predicted octanol–water partition coefficient (Wildman–Crippen LogP) is 1.67. The Labute approximate surface area is 110 Å². The first-order valence-corrected chi connectivity index (χ1v) is 6.22. The quantitative estimate of drug-likeness (QED) is 0.595. The van der Waals surface area contributed by atoms with Crippen LogP contribution in [-0.4, -0.2) is 45.0 Å². The highest BCUT2D eigenvalue weighted by Gasteiger charge is 2.09. The molecule has 0 fully saturated rings. The molecule has 4 heteroatoms. The van der Waals surface area contributed by atoms with E-state index in [1.807, 2.05) is 12.1 Å². The van der Waals surface area contributed by atoms with Crippen LogP contribution in [0, 0.1) is 12.3 Å². The second-order valence-corrected chi connectivity index (χ2v) is 5.01. The number of aryl methyl sites for hydroxylation is 1. The van der Waals surface area contributed by atoms with Crippen molar-refractivity contribution in [3.8, 4) is 0 Å². The maximum Gasteiger partial charge on any atom is 0.124 e. The molecule has 0 aliphatic rings. The van der Waals surface area contributed by atoms with E-state index in [9.17, 15) is 0 Å². The highest BCUT2D eigenvalue weighted by Crippen LogP contribution is 2.21. The lowest BCUT2D eigenvalue weighted by Crippen LogP contribution is -2.26. The van der Waals surface area contributed by atoms with Crippen LogP contribution in [0.4, 0.5) is 5.69 Å². The van der Waals surface area contributed by atoms with Gasteiger partial charge in [0.1, 0.15) is 5.84 Å². The summed E-state index contributed by atoms with van der Waals surface area (Å²) in [5, 5.41) is 7.63. The molecule has 4 nitrogen and oxygen atoms in total. The van der Waals surface area contributed by atoms with Crippen molar-refractivity contribution >= 4 is 11.5 Å². The van der Waals surface area contributed by atoms with Crippen molar-refractivity contribution in [3.05, 3.63) is 29.3 Å². The van der Waals surface area contributed by atoms with Crippen molar-refractivity contribution in [1.29, 1.82) is 5.41 Å². The van der Waals surface area contributed by atoms with Gasteiger partial charge in [0.15, 0.2) is 0 Å². The van der Waals surface area contributed by atoms with Crippen LogP contribution < -0.4 is 10.6 Å². The number of benzene rings is 1. The van der Waals surface area contributed by atoms with Crippen LogP contribution in [0.1, 0.15) is 17.5 Å².